The van der Waals surface area contributed by atoms with E-state index in [0.717, 1.165) is 11.1 Å². The zero-order chi connectivity index (χ0) is 23.4. The third kappa shape index (κ3) is 5.07. The molecule has 1 saturated heterocycles. The Morgan fingerprint density at radius 2 is 1.67 bits per heavy atom. The summed E-state index contributed by atoms with van der Waals surface area (Å²) in [5, 5.41) is 18.0. The molecule has 1 aliphatic heterocycles. The van der Waals surface area contributed by atoms with E-state index in [1.165, 1.54) is 10.9 Å². The molecule has 0 saturated carbocycles. The highest BCUT2D eigenvalue weighted by atomic mass is 16.5. The van der Waals surface area contributed by atoms with Crippen LogP contribution < -0.4 is 10.6 Å². The number of morpholine rings is 1. The Hall–Kier alpha value is -4.05. The van der Waals surface area contributed by atoms with Crippen molar-refractivity contribution in [1.82, 2.24) is 19.7 Å². The molecule has 1 aliphatic rings. The number of rotatable bonds is 5. The van der Waals surface area contributed by atoms with Crippen molar-refractivity contribution in [3.63, 3.8) is 0 Å². The Kier molecular flexibility index (Phi) is 6.45. The zero-order valence-electron chi connectivity index (χ0n) is 18.5. The van der Waals surface area contributed by atoms with Crippen LogP contribution in [0.25, 0.3) is 0 Å². The molecule has 1 aromatic carbocycles. The Morgan fingerprint density at radius 3 is 2.33 bits per heavy atom. The molecule has 0 bridgehead atoms. The molecule has 0 atom stereocenters. The lowest BCUT2D eigenvalue weighted by Gasteiger charge is -2.29. The first-order valence-electron chi connectivity index (χ1n) is 10.5. The molecular weight excluding hydrogens is 422 g/mol. The number of anilines is 2. The molecule has 3 heterocycles. The van der Waals surface area contributed by atoms with Crippen LogP contribution in [0.15, 0.2) is 48.8 Å². The minimum Gasteiger partial charge on any atom is -0.378 e. The maximum absolute atomic E-state index is 12.8. The molecule has 33 heavy (non-hydrogen) atoms. The predicted octanol–water partition coefficient (Wildman–Crippen LogP) is 2.29. The van der Waals surface area contributed by atoms with Crippen LogP contribution in [-0.4, -0.2) is 63.6 Å². The van der Waals surface area contributed by atoms with Crippen molar-refractivity contribution in [2.75, 3.05) is 36.9 Å². The molecule has 170 valence electrons. The standard InChI is InChI=1S/C23H25N7O3/c1-15-3-8-19(25-13-15)27-23(32)18-14-26-29(2)21(18)28-22(31)17-6-4-16(5-7-17)20(24)30-9-11-33-12-10-30/h3-8,13-14,24H,9-12H2,1-2H3,(H,28,31)(H,25,27,32). The molecule has 1 fully saturated rings. The van der Waals surface area contributed by atoms with Gasteiger partial charge in [-0.3, -0.25) is 19.7 Å². The fourth-order valence-corrected chi connectivity index (χ4v) is 3.41. The van der Waals surface area contributed by atoms with Gasteiger partial charge in [0.2, 0.25) is 0 Å². The molecule has 10 nitrogen and oxygen atoms in total. The van der Waals surface area contributed by atoms with E-state index in [1.54, 1.807) is 43.6 Å². The maximum Gasteiger partial charge on any atom is 0.262 e. The van der Waals surface area contributed by atoms with Crippen molar-refractivity contribution in [3.8, 4) is 0 Å². The van der Waals surface area contributed by atoms with Gasteiger partial charge in [-0.1, -0.05) is 18.2 Å². The summed E-state index contributed by atoms with van der Waals surface area (Å²) in [4.78, 5) is 31.7. The van der Waals surface area contributed by atoms with Crippen LogP contribution in [0.1, 0.15) is 31.8 Å². The number of carbonyl (C=O) groups is 2. The highest BCUT2D eigenvalue weighted by Crippen LogP contribution is 2.18. The molecule has 0 aliphatic carbocycles. The Morgan fingerprint density at radius 1 is 0.970 bits per heavy atom. The van der Waals surface area contributed by atoms with Crippen molar-refractivity contribution in [2.24, 2.45) is 7.05 Å². The average molecular weight is 447 g/mol. The van der Waals surface area contributed by atoms with Gasteiger partial charge in [-0.25, -0.2) is 4.98 Å². The summed E-state index contributed by atoms with van der Waals surface area (Å²) >= 11 is 0. The van der Waals surface area contributed by atoms with Gasteiger partial charge in [0.05, 0.1) is 19.4 Å². The van der Waals surface area contributed by atoms with Crippen molar-refractivity contribution in [2.45, 2.75) is 6.92 Å². The molecule has 10 heteroatoms. The molecule has 4 rings (SSSR count). The lowest BCUT2D eigenvalue weighted by Crippen LogP contribution is -2.40. The number of nitrogens with one attached hydrogen (secondary N) is 3. The number of hydrogen-bond donors (Lipinski definition) is 3. The zero-order valence-corrected chi connectivity index (χ0v) is 18.5. The first kappa shape index (κ1) is 22.2. The number of hydrogen-bond acceptors (Lipinski definition) is 6. The molecule has 0 spiro atoms. The van der Waals surface area contributed by atoms with Crippen LogP contribution in [0.3, 0.4) is 0 Å². The van der Waals surface area contributed by atoms with Gasteiger partial charge in [-0.15, -0.1) is 0 Å². The maximum atomic E-state index is 12.8. The number of ether oxygens (including phenoxy) is 1. The fourth-order valence-electron chi connectivity index (χ4n) is 3.41. The van der Waals surface area contributed by atoms with Gasteiger partial charge in [-0.05, 0) is 30.7 Å². The third-order valence-corrected chi connectivity index (χ3v) is 5.32. The van der Waals surface area contributed by atoms with Crippen LogP contribution in [0.4, 0.5) is 11.6 Å². The quantitative estimate of drug-likeness (QED) is 0.407. The van der Waals surface area contributed by atoms with E-state index in [9.17, 15) is 9.59 Å². The smallest absolute Gasteiger partial charge is 0.262 e. The van der Waals surface area contributed by atoms with Gasteiger partial charge in [0.15, 0.2) is 0 Å². The highest BCUT2D eigenvalue weighted by molar-refractivity contribution is 6.11. The second-order valence-electron chi connectivity index (χ2n) is 7.68. The van der Waals surface area contributed by atoms with Gasteiger partial charge in [-0.2, -0.15) is 5.10 Å². The van der Waals surface area contributed by atoms with E-state index in [2.05, 4.69) is 20.7 Å². The first-order chi connectivity index (χ1) is 15.9. The average Bonchev–Trinajstić information content (AvgIpc) is 3.20. The number of nitrogens with zero attached hydrogens (tertiary/aromatic N) is 4. The van der Waals surface area contributed by atoms with Crippen LogP contribution in [0.5, 0.6) is 0 Å². The topological polar surface area (TPSA) is 125 Å². The van der Waals surface area contributed by atoms with E-state index in [4.69, 9.17) is 10.1 Å². The Balaban J connectivity index is 1.45. The normalized spacial score (nSPS) is 13.5. The number of aromatic nitrogens is 3. The van der Waals surface area contributed by atoms with Crippen molar-refractivity contribution >= 4 is 29.3 Å². The number of amides is 2. The summed E-state index contributed by atoms with van der Waals surface area (Å²) in [7, 11) is 1.64. The lowest BCUT2D eigenvalue weighted by molar-refractivity contribution is 0.0680. The van der Waals surface area contributed by atoms with Gasteiger partial charge in [0, 0.05) is 37.5 Å². The summed E-state index contributed by atoms with van der Waals surface area (Å²) in [6.45, 7) is 4.45. The summed E-state index contributed by atoms with van der Waals surface area (Å²) < 4.78 is 6.76. The van der Waals surface area contributed by atoms with Crippen molar-refractivity contribution in [3.05, 3.63) is 71.0 Å². The SMILES string of the molecule is Cc1ccc(NC(=O)c2cnn(C)c2NC(=O)c2ccc(C(=N)N3CCOCC3)cc2)nc1. The van der Waals surface area contributed by atoms with Crippen LogP contribution in [0, 0.1) is 12.3 Å². The van der Waals surface area contributed by atoms with Gasteiger partial charge < -0.3 is 20.3 Å². The third-order valence-electron chi connectivity index (χ3n) is 5.32. The Bertz CT molecular complexity index is 1160. The van der Waals surface area contributed by atoms with Crippen LogP contribution in [-0.2, 0) is 11.8 Å². The van der Waals surface area contributed by atoms with Gasteiger partial charge >= 0.3 is 0 Å². The van der Waals surface area contributed by atoms with Crippen molar-refractivity contribution < 1.29 is 14.3 Å². The number of amidine groups is 1. The first-order valence-corrected chi connectivity index (χ1v) is 10.5. The molecule has 2 amide bonds. The fraction of sp³-hybridized carbons (Fsp3) is 0.261. The number of aryl methyl sites for hydroxylation is 2. The molecule has 3 N–H and O–H groups in total. The van der Waals surface area contributed by atoms with Gasteiger partial charge in [0.1, 0.15) is 23.0 Å². The largest absolute Gasteiger partial charge is 0.378 e. The minimum atomic E-state index is -0.427. The number of carbonyl (C=O) groups excluding carboxylic acids is 2. The number of benzene rings is 1. The summed E-state index contributed by atoms with van der Waals surface area (Å²) in [5.74, 6) is 0.273. The van der Waals surface area contributed by atoms with E-state index in [-0.39, 0.29) is 17.3 Å². The minimum absolute atomic E-state index is 0.221. The predicted molar refractivity (Wildman–Crippen MR) is 124 cm³/mol. The van der Waals surface area contributed by atoms with Crippen LogP contribution >= 0.6 is 0 Å². The second kappa shape index (κ2) is 9.61. The van der Waals surface area contributed by atoms with E-state index >= 15 is 0 Å². The van der Waals surface area contributed by atoms with Crippen LogP contribution in [0.2, 0.25) is 0 Å². The molecule has 0 unspecified atom stereocenters. The summed E-state index contributed by atoms with van der Waals surface area (Å²) in [6.07, 6.45) is 3.05. The summed E-state index contributed by atoms with van der Waals surface area (Å²) in [6, 6.07) is 10.4. The van der Waals surface area contributed by atoms with Crippen molar-refractivity contribution in [1.29, 1.82) is 5.41 Å². The van der Waals surface area contributed by atoms with E-state index in [0.29, 0.717) is 43.5 Å². The summed E-state index contributed by atoms with van der Waals surface area (Å²) in [5.41, 5.74) is 2.33. The number of pyridine rings is 1. The molecule has 3 aromatic rings. The second-order valence-corrected chi connectivity index (χ2v) is 7.68. The molecule has 2 aromatic heterocycles. The monoisotopic (exact) mass is 447 g/mol. The Labute approximate surface area is 191 Å². The van der Waals surface area contributed by atoms with E-state index in [1.807, 2.05) is 17.9 Å². The molecular formula is C23H25N7O3. The molecule has 0 radical (unpaired) electrons. The van der Waals surface area contributed by atoms with Gasteiger partial charge in [0.25, 0.3) is 11.8 Å². The van der Waals surface area contributed by atoms with E-state index < -0.39 is 5.91 Å². The lowest BCUT2D eigenvalue weighted by atomic mass is 10.1. The highest BCUT2D eigenvalue weighted by Gasteiger charge is 2.20.